The van der Waals surface area contributed by atoms with Crippen molar-refractivity contribution >= 4 is 17.6 Å². The van der Waals surface area contributed by atoms with Crippen LogP contribution in [0.25, 0.3) is 0 Å². The molecule has 1 aromatic heterocycles. The molecule has 5 nitrogen and oxygen atoms in total. The van der Waals surface area contributed by atoms with Crippen molar-refractivity contribution in [2.75, 3.05) is 5.32 Å². The largest absolute Gasteiger partial charge is 0.407 e. The Balaban J connectivity index is 1.50. The summed E-state index contributed by atoms with van der Waals surface area (Å²) in [4.78, 5) is 0. The molecule has 1 saturated carbocycles. The fourth-order valence-electron chi connectivity index (χ4n) is 1.70. The van der Waals surface area contributed by atoms with Crippen molar-refractivity contribution in [2.45, 2.75) is 32.0 Å². The minimum atomic E-state index is 0.447. The van der Waals surface area contributed by atoms with Gasteiger partial charge < -0.3 is 15.1 Å². The molecular weight excluding hydrogens is 264 g/mol. The molecule has 0 atom stereocenters. The second kappa shape index (κ2) is 5.59. The first-order valence-electron chi connectivity index (χ1n) is 6.34. The Bertz CT molecular complexity index is 536. The van der Waals surface area contributed by atoms with Gasteiger partial charge in [-0.1, -0.05) is 28.8 Å². The molecule has 6 heteroatoms. The number of hydrogen-bond acceptors (Lipinski definition) is 5. The summed E-state index contributed by atoms with van der Waals surface area (Å²) in [6.45, 7) is 1.27. The van der Waals surface area contributed by atoms with E-state index in [1.165, 1.54) is 12.8 Å². The van der Waals surface area contributed by atoms with Crippen molar-refractivity contribution in [3.8, 4) is 0 Å². The number of nitrogens with one attached hydrogen (secondary N) is 2. The molecule has 0 bridgehead atoms. The molecule has 1 aliphatic carbocycles. The Labute approximate surface area is 116 Å². The number of hydrogen-bond donors (Lipinski definition) is 2. The molecular formula is C13H15ClN4O. The van der Waals surface area contributed by atoms with Gasteiger partial charge in [0.1, 0.15) is 0 Å². The van der Waals surface area contributed by atoms with Crippen LogP contribution in [-0.4, -0.2) is 16.2 Å². The van der Waals surface area contributed by atoms with Crippen LogP contribution in [0.1, 0.15) is 24.3 Å². The Morgan fingerprint density at radius 3 is 2.68 bits per heavy atom. The van der Waals surface area contributed by atoms with Gasteiger partial charge in [0.2, 0.25) is 5.89 Å². The lowest BCUT2D eigenvalue weighted by Gasteiger charge is -2.01. The number of rotatable bonds is 6. The van der Waals surface area contributed by atoms with Gasteiger partial charge in [-0.2, -0.15) is 0 Å². The van der Waals surface area contributed by atoms with Crippen LogP contribution in [0.5, 0.6) is 0 Å². The molecule has 0 radical (unpaired) electrons. The van der Waals surface area contributed by atoms with Crippen molar-refractivity contribution in [1.82, 2.24) is 15.5 Å². The van der Waals surface area contributed by atoms with E-state index in [-0.39, 0.29) is 0 Å². The zero-order chi connectivity index (χ0) is 13.1. The topological polar surface area (TPSA) is 63.0 Å². The fraction of sp³-hybridized carbons (Fsp3) is 0.385. The average molecular weight is 279 g/mol. The van der Waals surface area contributed by atoms with Crippen LogP contribution in [0.3, 0.4) is 0 Å². The Kier molecular flexibility index (Phi) is 3.66. The van der Waals surface area contributed by atoms with Crippen molar-refractivity contribution in [2.24, 2.45) is 0 Å². The average Bonchev–Trinajstić information content (AvgIpc) is 3.15. The molecule has 0 spiro atoms. The maximum atomic E-state index is 5.83. The Morgan fingerprint density at radius 1 is 1.16 bits per heavy atom. The molecule has 1 heterocycles. The standard InChI is InChI=1S/C13H15ClN4O/c14-10-3-1-9(2-4-10)7-16-13-18-17-12(19-13)8-15-11-5-6-11/h1-4,11,15H,5-8H2,(H,16,18). The highest BCUT2D eigenvalue weighted by molar-refractivity contribution is 6.30. The third-order valence-corrected chi connectivity index (χ3v) is 3.20. The lowest BCUT2D eigenvalue weighted by molar-refractivity contribution is 0.475. The normalized spacial score (nSPS) is 14.6. The minimum Gasteiger partial charge on any atom is -0.407 e. The van der Waals surface area contributed by atoms with Crippen molar-refractivity contribution < 1.29 is 4.42 Å². The van der Waals surface area contributed by atoms with E-state index in [1.54, 1.807) is 0 Å². The highest BCUT2D eigenvalue weighted by Gasteiger charge is 2.21. The number of benzene rings is 1. The summed E-state index contributed by atoms with van der Waals surface area (Å²) in [7, 11) is 0. The molecule has 19 heavy (non-hydrogen) atoms. The molecule has 2 aromatic rings. The second-order valence-corrected chi connectivity index (χ2v) is 5.07. The van der Waals surface area contributed by atoms with E-state index in [2.05, 4.69) is 20.8 Å². The van der Waals surface area contributed by atoms with Crippen molar-refractivity contribution in [1.29, 1.82) is 0 Å². The van der Waals surface area contributed by atoms with Gasteiger partial charge in [-0.25, -0.2) is 0 Å². The van der Waals surface area contributed by atoms with Gasteiger partial charge in [-0.05, 0) is 30.5 Å². The Hall–Kier alpha value is -1.59. The predicted molar refractivity (Wildman–Crippen MR) is 72.9 cm³/mol. The number of nitrogens with zero attached hydrogens (tertiary/aromatic N) is 2. The lowest BCUT2D eigenvalue weighted by atomic mass is 10.2. The third-order valence-electron chi connectivity index (χ3n) is 2.94. The van der Waals surface area contributed by atoms with E-state index in [0.29, 0.717) is 31.0 Å². The summed E-state index contributed by atoms with van der Waals surface area (Å²) < 4.78 is 5.49. The Morgan fingerprint density at radius 2 is 1.95 bits per heavy atom. The molecule has 0 saturated heterocycles. The summed E-state index contributed by atoms with van der Waals surface area (Å²) in [6.07, 6.45) is 2.49. The molecule has 0 amide bonds. The van der Waals surface area contributed by atoms with Crippen LogP contribution in [-0.2, 0) is 13.1 Å². The van der Waals surface area contributed by atoms with E-state index in [4.69, 9.17) is 16.0 Å². The molecule has 1 fully saturated rings. The maximum Gasteiger partial charge on any atom is 0.315 e. The maximum absolute atomic E-state index is 5.83. The molecule has 2 N–H and O–H groups in total. The molecule has 1 aliphatic rings. The predicted octanol–water partition coefficient (Wildman–Crippen LogP) is 2.59. The van der Waals surface area contributed by atoms with Gasteiger partial charge in [-0.3, -0.25) is 0 Å². The number of halogens is 1. The van der Waals surface area contributed by atoms with Crippen LogP contribution in [0.2, 0.25) is 5.02 Å². The van der Waals surface area contributed by atoms with Gasteiger partial charge >= 0.3 is 6.01 Å². The van der Waals surface area contributed by atoms with Gasteiger partial charge in [-0.15, -0.1) is 5.10 Å². The number of aromatic nitrogens is 2. The zero-order valence-electron chi connectivity index (χ0n) is 10.4. The van der Waals surface area contributed by atoms with Gasteiger partial charge in [0.15, 0.2) is 0 Å². The SMILES string of the molecule is Clc1ccc(CNc2nnc(CNC3CC3)o2)cc1. The first-order chi connectivity index (χ1) is 9.29. The summed E-state index contributed by atoms with van der Waals surface area (Å²) in [5.74, 6) is 0.616. The monoisotopic (exact) mass is 278 g/mol. The highest BCUT2D eigenvalue weighted by Crippen LogP contribution is 2.19. The summed E-state index contributed by atoms with van der Waals surface area (Å²) in [5, 5.41) is 15.1. The fourth-order valence-corrected chi connectivity index (χ4v) is 1.82. The van der Waals surface area contributed by atoms with Gasteiger partial charge in [0.05, 0.1) is 6.54 Å². The van der Waals surface area contributed by atoms with E-state index in [0.717, 1.165) is 10.6 Å². The highest BCUT2D eigenvalue weighted by atomic mass is 35.5. The summed E-state index contributed by atoms with van der Waals surface area (Å²) >= 11 is 5.83. The minimum absolute atomic E-state index is 0.447. The molecule has 0 aliphatic heterocycles. The molecule has 0 unspecified atom stereocenters. The van der Waals surface area contributed by atoms with Crippen molar-refractivity contribution in [3.63, 3.8) is 0 Å². The van der Waals surface area contributed by atoms with Crippen LogP contribution >= 0.6 is 11.6 Å². The van der Waals surface area contributed by atoms with Gasteiger partial charge in [0, 0.05) is 17.6 Å². The second-order valence-electron chi connectivity index (χ2n) is 4.64. The van der Waals surface area contributed by atoms with Gasteiger partial charge in [0.25, 0.3) is 0 Å². The quantitative estimate of drug-likeness (QED) is 0.850. The van der Waals surface area contributed by atoms with Crippen LogP contribution in [0.15, 0.2) is 28.7 Å². The lowest BCUT2D eigenvalue weighted by Crippen LogP contribution is -2.15. The first kappa shape index (κ1) is 12.4. The summed E-state index contributed by atoms with van der Waals surface area (Å²) in [5.41, 5.74) is 1.11. The smallest absolute Gasteiger partial charge is 0.315 e. The van der Waals surface area contributed by atoms with Crippen LogP contribution in [0, 0.1) is 0 Å². The third kappa shape index (κ3) is 3.68. The van der Waals surface area contributed by atoms with E-state index >= 15 is 0 Å². The van der Waals surface area contributed by atoms with Crippen molar-refractivity contribution in [3.05, 3.63) is 40.7 Å². The number of anilines is 1. The van der Waals surface area contributed by atoms with E-state index in [1.807, 2.05) is 24.3 Å². The summed E-state index contributed by atoms with van der Waals surface area (Å²) in [6, 6.07) is 8.72. The van der Waals surface area contributed by atoms with E-state index < -0.39 is 0 Å². The zero-order valence-corrected chi connectivity index (χ0v) is 11.2. The molecule has 3 rings (SSSR count). The first-order valence-corrected chi connectivity index (χ1v) is 6.71. The molecule has 100 valence electrons. The van der Waals surface area contributed by atoms with Crippen LogP contribution in [0.4, 0.5) is 6.01 Å². The van der Waals surface area contributed by atoms with E-state index in [9.17, 15) is 0 Å². The van der Waals surface area contributed by atoms with Crippen LogP contribution < -0.4 is 10.6 Å². The molecule has 1 aromatic carbocycles.